The first-order chi connectivity index (χ1) is 9.49. The van der Waals surface area contributed by atoms with Crippen molar-refractivity contribution in [2.24, 2.45) is 0 Å². The smallest absolute Gasteiger partial charge is 0.319 e. The highest BCUT2D eigenvalue weighted by Gasteiger charge is 2.06. The van der Waals surface area contributed by atoms with Crippen LogP contribution in [0.5, 0.6) is 0 Å². The number of halogens is 2. The first-order valence-electron chi connectivity index (χ1n) is 6.20. The molecule has 20 heavy (non-hydrogen) atoms. The van der Waals surface area contributed by atoms with Crippen LogP contribution in [0.2, 0.25) is 5.02 Å². The lowest BCUT2D eigenvalue weighted by atomic mass is 10.2. The van der Waals surface area contributed by atoms with Crippen LogP contribution in [0, 0.1) is 5.82 Å². The Morgan fingerprint density at radius 1 is 1.25 bits per heavy atom. The van der Waals surface area contributed by atoms with Gasteiger partial charge in [-0.1, -0.05) is 18.0 Å². The minimum atomic E-state index is -0.827. The number of amides is 2. The fourth-order valence-corrected chi connectivity index (χ4v) is 1.71. The molecule has 0 aliphatic rings. The number of carbonyl (C=O) groups is 2. The summed E-state index contributed by atoms with van der Waals surface area (Å²) in [5.74, 6) is -1.39. The summed E-state index contributed by atoms with van der Waals surface area (Å²) < 4.78 is 13.3. The molecule has 7 heteroatoms. The van der Waals surface area contributed by atoms with Crippen molar-refractivity contribution < 1.29 is 19.1 Å². The van der Waals surface area contributed by atoms with Gasteiger partial charge in [-0.2, -0.15) is 0 Å². The Morgan fingerprint density at radius 2 is 2.00 bits per heavy atom. The standard InChI is InChI=1S/C13H16ClFN2O3/c14-9-5-6-10(15)11(8-9)17-13(20)16-7-3-1-2-4-12(18)19/h5-6,8H,1-4,7H2,(H,18,19)(H2,16,17,20). The van der Waals surface area contributed by atoms with E-state index in [0.29, 0.717) is 30.8 Å². The lowest BCUT2D eigenvalue weighted by molar-refractivity contribution is -0.137. The molecule has 1 aromatic carbocycles. The molecular formula is C13H16ClFN2O3. The van der Waals surface area contributed by atoms with Crippen molar-refractivity contribution in [3.8, 4) is 0 Å². The van der Waals surface area contributed by atoms with E-state index in [0.717, 1.165) is 0 Å². The summed E-state index contributed by atoms with van der Waals surface area (Å²) in [4.78, 5) is 21.8. The quantitative estimate of drug-likeness (QED) is 0.677. The number of nitrogens with one attached hydrogen (secondary N) is 2. The summed E-state index contributed by atoms with van der Waals surface area (Å²) >= 11 is 5.70. The Morgan fingerprint density at radius 3 is 2.70 bits per heavy atom. The van der Waals surface area contributed by atoms with Crippen LogP contribution in [-0.2, 0) is 4.79 Å². The Kier molecular flexibility index (Phi) is 6.79. The Labute approximate surface area is 121 Å². The predicted molar refractivity (Wildman–Crippen MR) is 74.5 cm³/mol. The second kappa shape index (κ2) is 8.37. The molecule has 2 amide bonds. The Bertz CT molecular complexity index is 483. The number of hydrogen-bond donors (Lipinski definition) is 3. The number of anilines is 1. The second-order valence-corrected chi connectivity index (χ2v) is 4.65. The van der Waals surface area contributed by atoms with Gasteiger partial charge >= 0.3 is 12.0 Å². The maximum Gasteiger partial charge on any atom is 0.319 e. The first kappa shape index (κ1) is 16.2. The van der Waals surface area contributed by atoms with Crippen molar-refractivity contribution >= 4 is 29.3 Å². The van der Waals surface area contributed by atoms with Crippen LogP contribution in [0.15, 0.2) is 18.2 Å². The number of aliphatic carboxylic acids is 1. The van der Waals surface area contributed by atoms with Crippen LogP contribution in [0.1, 0.15) is 25.7 Å². The minimum absolute atomic E-state index is 0.0147. The second-order valence-electron chi connectivity index (χ2n) is 4.21. The van der Waals surface area contributed by atoms with Crippen molar-refractivity contribution in [2.75, 3.05) is 11.9 Å². The topological polar surface area (TPSA) is 78.4 Å². The van der Waals surface area contributed by atoms with Crippen LogP contribution >= 0.6 is 11.6 Å². The molecule has 0 unspecified atom stereocenters. The largest absolute Gasteiger partial charge is 0.481 e. The molecule has 0 atom stereocenters. The highest BCUT2D eigenvalue weighted by molar-refractivity contribution is 6.30. The summed E-state index contributed by atoms with van der Waals surface area (Å²) in [6.45, 7) is 0.396. The summed E-state index contributed by atoms with van der Waals surface area (Å²) in [6.07, 6.45) is 2.07. The number of carboxylic acids is 1. The highest BCUT2D eigenvalue weighted by atomic mass is 35.5. The van der Waals surface area contributed by atoms with Crippen LogP contribution in [0.3, 0.4) is 0 Å². The summed E-state index contributed by atoms with van der Waals surface area (Å²) in [6, 6.07) is 3.36. The van der Waals surface area contributed by atoms with Gasteiger partial charge in [0.05, 0.1) is 5.69 Å². The molecule has 0 fully saturated rings. The van der Waals surface area contributed by atoms with E-state index >= 15 is 0 Å². The van der Waals surface area contributed by atoms with Crippen LogP contribution in [0.25, 0.3) is 0 Å². The van der Waals surface area contributed by atoms with E-state index < -0.39 is 17.8 Å². The van der Waals surface area contributed by atoms with E-state index in [4.69, 9.17) is 16.7 Å². The van der Waals surface area contributed by atoms with Gasteiger partial charge in [-0.15, -0.1) is 0 Å². The summed E-state index contributed by atoms with van der Waals surface area (Å²) in [5, 5.41) is 13.7. The lowest BCUT2D eigenvalue weighted by Gasteiger charge is -2.08. The van der Waals surface area contributed by atoms with Crippen molar-refractivity contribution in [3.63, 3.8) is 0 Å². The monoisotopic (exact) mass is 302 g/mol. The van der Waals surface area contributed by atoms with Gasteiger partial charge in [0.15, 0.2) is 0 Å². The third kappa shape index (κ3) is 6.38. The van der Waals surface area contributed by atoms with Gasteiger partial charge in [0.1, 0.15) is 5.82 Å². The van der Waals surface area contributed by atoms with Gasteiger partial charge in [0, 0.05) is 18.0 Å². The average Bonchev–Trinajstić information content (AvgIpc) is 2.37. The number of benzene rings is 1. The molecule has 0 radical (unpaired) electrons. The molecule has 0 saturated heterocycles. The normalized spacial score (nSPS) is 10.1. The van der Waals surface area contributed by atoms with Gasteiger partial charge in [-0.25, -0.2) is 9.18 Å². The summed E-state index contributed by atoms with van der Waals surface area (Å²) in [7, 11) is 0. The average molecular weight is 303 g/mol. The molecule has 0 bridgehead atoms. The Hall–Kier alpha value is -1.82. The predicted octanol–water partition coefficient (Wildman–Crippen LogP) is 3.25. The molecule has 0 spiro atoms. The fourth-order valence-electron chi connectivity index (χ4n) is 1.54. The number of urea groups is 1. The van der Waals surface area contributed by atoms with Crippen molar-refractivity contribution in [2.45, 2.75) is 25.7 Å². The van der Waals surface area contributed by atoms with Crippen molar-refractivity contribution in [3.05, 3.63) is 29.0 Å². The Balaban J connectivity index is 2.23. The molecule has 3 N–H and O–H groups in total. The van der Waals surface area contributed by atoms with E-state index in [1.54, 1.807) is 0 Å². The van der Waals surface area contributed by atoms with Crippen molar-refractivity contribution in [1.29, 1.82) is 0 Å². The number of hydrogen-bond acceptors (Lipinski definition) is 2. The third-order valence-corrected chi connectivity index (χ3v) is 2.76. The number of carbonyl (C=O) groups excluding carboxylic acids is 1. The zero-order valence-corrected chi connectivity index (χ0v) is 11.5. The molecule has 5 nitrogen and oxygen atoms in total. The van der Waals surface area contributed by atoms with E-state index in [-0.39, 0.29) is 12.1 Å². The van der Waals surface area contributed by atoms with Gasteiger partial charge in [0.25, 0.3) is 0 Å². The number of carboxylic acid groups (broad SMARTS) is 1. The molecule has 0 saturated carbocycles. The maximum atomic E-state index is 13.3. The van der Waals surface area contributed by atoms with Crippen LogP contribution < -0.4 is 10.6 Å². The van der Waals surface area contributed by atoms with Gasteiger partial charge in [-0.3, -0.25) is 4.79 Å². The molecule has 1 aromatic rings. The molecule has 0 aromatic heterocycles. The molecule has 110 valence electrons. The van der Waals surface area contributed by atoms with E-state index in [1.807, 2.05) is 0 Å². The number of unbranched alkanes of at least 4 members (excludes halogenated alkanes) is 2. The van der Waals surface area contributed by atoms with Gasteiger partial charge in [-0.05, 0) is 31.0 Å². The number of rotatable bonds is 7. The highest BCUT2D eigenvalue weighted by Crippen LogP contribution is 2.19. The van der Waals surface area contributed by atoms with Crippen molar-refractivity contribution in [1.82, 2.24) is 5.32 Å². The zero-order valence-electron chi connectivity index (χ0n) is 10.8. The van der Waals surface area contributed by atoms with Crippen LogP contribution in [0.4, 0.5) is 14.9 Å². The molecule has 0 aliphatic carbocycles. The van der Waals surface area contributed by atoms with Crippen LogP contribution in [-0.4, -0.2) is 23.7 Å². The third-order valence-electron chi connectivity index (χ3n) is 2.53. The maximum absolute atomic E-state index is 13.3. The SMILES string of the molecule is O=C(O)CCCCCNC(=O)Nc1cc(Cl)ccc1F. The molecule has 0 heterocycles. The van der Waals surface area contributed by atoms with E-state index in [2.05, 4.69) is 10.6 Å². The lowest BCUT2D eigenvalue weighted by Crippen LogP contribution is -2.29. The molecule has 1 rings (SSSR count). The zero-order chi connectivity index (χ0) is 15.0. The van der Waals surface area contributed by atoms with Gasteiger partial charge in [0.2, 0.25) is 0 Å². The first-order valence-corrected chi connectivity index (χ1v) is 6.58. The fraction of sp³-hybridized carbons (Fsp3) is 0.385. The molecular weight excluding hydrogens is 287 g/mol. The van der Waals surface area contributed by atoms with E-state index in [9.17, 15) is 14.0 Å². The minimum Gasteiger partial charge on any atom is -0.481 e. The summed E-state index contributed by atoms with van der Waals surface area (Å²) in [5.41, 5.74) is 0.0147. The molecule has 0 aliphatic heterocycles. The van der Waals surface area contributed by atoms with E-state index in [1.165, 1.54) is 18.2 Å². The van der Waals surface area contributed by atoms with Gasteiger partial charge < -0.3 is 15.7 Å².